The maximum atomic E-state index is 14.7. The first kappa shape index (κ1) is 19.6. The van der Waals surface area contributed by atoms with Crippen LogP contribution < -0.4 is 15.1 Å². The summed E-state index contributed by atoms with van der Waals surface area (Å²) in [6.45, 7) is 2.10. The molecule has 0 aliphatic carbocycles. The van der Waals surface area contributed by atoms with E-state index in [9.17, 15) is 18.4 Å². The number of nitrogens with zero attached hydrogens (tertiary/aromatic N) is 3. The molecule has 7 nitrogen and oxygen atoms in total. The molecule has 0 aromatic heterocycles. The van der Waals surface area contributed by atoms with E-state index < -0.39 is 24.2 Å². The maximum Gasteiger partial charge on any atom is 0.414 e. The van der Waals surface area contributed by atoms with Gasteiger partial charge in [-0.15, -0.1) is 0 Å². The van der Waals surface area contributed by atoms with Gasteiger partial charge in [0.1, 0.15) is 18.1 Å². The van der Waals surface area contributed by atoms with Crippen molar-refractivity contribution in [3.8, 4) is 6.07 Å². The minimum Gasteiger partial charge on any atom is -0.442 e. The number of nitrogens with one attached hydrogen (secondary N) is 1. The molecule has 2 atom stereocenters. The van der Waals surface area contributed by atoms with E-state index in [1.165, 1.54) is 30.0 Å². The number of hydrogen-bond donors (Lipinski definition) is 1. The van der Waals surface area contributed by atoms with Gasteiger partial charge in [-0.25, -0.2) is 13.6 Å². The van der Waals surface area contributed by atoms with Crippen LogP contribution in [0.15, 0.2) is 29.8 Å². The Morgan fingerprint density at radius 2 is 2.25 bits per heavy atom. The van der Waals surface area contributed by atoms with Crippen molar-refractivity contribution in [2.24, 2.45) is 0 Å². The molecule has 9 heteroatoms. The zero-order valence-electron chi connectivity index (χ0n) is 15.3. The summed E-state index contributed by atoms with van der Waals surface area (Å²) < 4.78 is 34.0. The van der Waals surface area contributed by atoms with Crippen molar-refractivity contribution >= 4 is 23.4 Å². The van der Waals surface area contributed by atoms with Crippen LogP contribution in [-0.4, -0.2) is 50.5 Å². The molecule has 0 spiro atoms. The van der Waals surface area contributed by atoms with Gasteiger partial charge in [-0.2, -0.15) is 5.26 Å². The zero-order chi connectivity index (χ0) is 20.3. The van der Waals surface area contributed by atoms with Crippen LogP contribution in [0.2, 0.25) is 0 Å². The lowest BCUT2D eigenvalue weighted by Gasteiger charge is -2.32. The number of carbonyl (C=O) groups excluding carboxylic acids is 2. The summed E-state index contributed by atoms with van der Waals surface area (Å²) >= 11 is 0. The summed E-state index contributed by atoms with van der Waals surface area (Å²) in [6.07, 6.45) is -0.901. The van der Waals surface area contributed by atoms with Gasteiger partial charge in [-0.1, -0.05) is 0 Å². The minimum absolute atomic E-state index is 0.0334. The summed E-state index contributed by atoms with van der Waals surface area (Å²) in [5, 5.41) is 11.2. The van der Waals surface area contributed by atoms with Crippen LogP contribution in [0.4, 0.5) is 25.0 Å². The Hall–Kier alpha value is -3.15. The first-order valence-electron chi connectivity index (χ1n) is 8.88. The SMILES string of the molecule is CC(=O)NCC1CN(c2ccc(N3CC/C(=C/C#N)[C@H](F)C3)c(F)c2)C(=O)O1. The molecule has 1 unspecified atom stereocenters. The lowest BCUT2D eigenvalue weighted by molar-refractivity contribution is -0.119. The average molecular weight is 390 g/mol. The van der Waals surface area contributed by atoms with E-state index in [-0.39, 0.29) is 31.2 Å². The average Bonchev–Trinajstić information content (AvgIpc) is 3.02. The molecule has 1 N–H and O–H groups in total. The number of halogens is 2. The molecule has 0 saturated carbocycles. The van der Waals surface area contributed by atoms with Gasteiger partial charge in [0.25, 0.3) is 0 Å². The molecule has 2 aliphatic rings. The molecule has 2 fully saturated rings. The van der Waals surface area contributed by atoms with Gasteiger partial charge in [0.15, 0.2) is 0 Å². The number of rotatable bonds is 4. The Bertz CT molecular complexity index is 852. The quantitative estimate of drug-likeness (QED) is 0.798. The predicted octanol–water partition coefficient (Wildman–Crippen LogP) is 2.29. The number of alkyl halides is 1. The fraction of sp³-hybridized carbons (Fsp3) is 0.421. The third-order valence-electron chi connectivity index (χ3n) is 4.74. The molecular weight excluding hydrogens is 370 g/mol. The lowest BCUT2D eigenvalue weighted by Crippen LogP contribution is -2.38. The van der Waals surface area contributed by atoms with Crippen LogP contribution in [0, 0.1) is 17.1 Å². The van der Waals surface area contributed by atoms with E-state index >= 15 is 0 Å². The number of cyclic esters (lactones) is 1. The van der Waals surface area contributed by atoms with Crippen molar-refractivity contribution in [2.45, 2.75) is 25.6 Å². The number of benzene rings is 1. The second-order valence-corrected chi connectivity index (χ2v) is 6.70. The van der Waals surface area contributed by atoms with E-state index in [0.29, 0.717) is 24.2 Å². The standard InChI is InChI=1S/C19H20F2N4O3/c1-12(26)23-9-15-10-25(19(27)28-15)14-2-3-18(16(20)8-14)24-7-5-13(4-6-22)17(21)11-24/h2-4,8,15,17H,5,7,9-11H2,1H3,(H,23,26)/b13-4-/t15?,17-/m1/s1. The van der Waals surface area contributed by atoms with Crippen LogP contribution in [0.1, 0.15) is 13.3 Å². The minimum atomic E-state index is -1.32. The molecule has 1 aromatic carbocycles. The third-order valence-corrected chi connectivity index (χ3v) is 4.74. The Kier molecular flexibility index (Phi) is 5.78. The summed E-state index contributed by atoms with van der Waals surface area (Å²) in [5.74, 6) is -0.805. The molecule has 0 bridgehead atoms. The van der Waals surface area contributed by atoms with Gasteiger partial charge in [-0.3, -0.25) is 9.69 Å². The van der Waals surface area contributed by atoms with E-state index in [2.05, 4.69) is 5.32 Å². The number of nitriles is 1. The van der Waals surface area contributed by atoms with Gasteiger partial charge in [-0.05, 0) is 30.2 Å². The van der Waals surface area contributed by atoms with Crippen LogP contribution in [0.25, 0.3) is 0 Å². The first-order valence-corrected chi connectivity index (χ1v) is 8.88. The fourth-order valence-corrected chi connectivity index (χ4v) is 3.30. The number of anilines is 2. The highest BCUT2D eigenvalue weighted by molar-refractivity contribution is 5.90. The molecule has 2 heterocycles. The van der Waals surface area contributed by atoms with E-state index in [4.69, 9.17) is 10.00 Å². The van der Waals surface area contributed by atoms with Crippen molar-refractivity contribution in [1.29, 1.82) is 5.26 Å². The second-order valence-electron chi connectivity index (χ2n) is 6.70. The van der Waals surface area contributed by atoms with Crippen LogP contribution in [0.3, 0.4) is 0 Å². The van der Waals surface area contributed by atoms with Gasteiger partial charge >= 0.3 is 6.09 Å². The van der Waals surface area contributed by atoms with Crippen LogP contribution in [0.5, 0.6) is 0 Å². The molecule has 3 rings (SSSR count). The number of ether oxygens (including phenoxy) is 1. The summed E-state index contributed by atoms with van der Waals surface area (Å²) in [7, 11) is 0. The monoisotopic (exact) mass is 390 g/mol. The number of allylic oxidation sites excluding steroid dienone is 1. The van der Waals surface area contributed by atoms with Crippen molar-refractivity contribution in [3.63, 3.8) is 0 Å². The van der Waals surface area contributed by atoms with E-state index in [1.54, 1.807) is 11.0 Å². The van der Waals surface area contributed by atoms with E-state index in [1.807, 2.05) is 6.07 Å². The smallest absolute Gasteiger partial charge is 0.414 e. The molecule has 0 radical (unpaired) electrons. The maximum absolute atomic E-state index is 14.7. The third kappa shape index (κ3) is 4.22. The molecule has 28 heavy (non-hydrogen) atoms. The van der Waals surface area contributed by atoms with Crippen LogP contribution in [-0.2, 0) is 9.53 Å². The molecule has 148 valence electrons. The zero-order valence-corrected chi connectivity index (χ0v) is 15.3. The Morgan fingerprint density at radius 1 is 1.46 bits per heavy atom. The Balaban J connectivity index is 1.69. The highest BCUT2D eigenvalue weighted by Gasteiger charge is 2.33. The van der Waals surface area contributed by atoms with Gasteiger partial charge in [0.2, 0.25) is 5.91 Å². The second kappa shape index (κ2) is 8.25. The molecule has 2 saturated heterocycles. The Morgan fingerprint density at radius 3 is 2.89 bits per heavy atom. The van der Waals surface area contributed by atoms with E-state index in [0.717, 1.165) is 0 Å². The Labute approximate surface area is 161 Å². The predicted molar refractivity (Wildman–Crippen MR) is 98.1 cm³/mol. The van der Waals surface area contributed by atoms with Crippen LogP contribution >= 0.6 is 0 Å². The molecular formula is C19H20F2N4O3. The largest absolute Gasteiger partial charge is 0.442 e. The number of amides is 2. The fourth-order valence-electron chi connectivity index (χ4n) is 3.30. The van der Waals surface area contributed by atoms with Crippen molar-refractivity contribution in [1.82, 2.24) is 5.32 Å². The number of carbonyl (C=O) groups is 2. The number of hydrogen-bond acceptors (Lipinski definition) is 5. The topological polar surface area (TPSA) is 85.7 Å². The lowest BCUT2D eigenvalue weighted by atomic mass is 10.0. The molecule has 2 aliphatic heterocycles. The highest BCUT2D eigenvalue weighted by atomic mass is 19.1. The first-order chi connectivity index (χ1) is 13.4. The van der Waals surface area contributed by atoms with Gasteiger partial charge in [0.05, 0.1) is 37.1 Å². The summed E-state index contributed by atoms with van der Waals surface area (Å²) in [6, 6.07) is 6.12. The molecule has 1 aromatic rings. The van der Waals surface area contributed by atoms with Crippen molar-refractivity contribution in [2.75, 3.05) is 36.0 Å². The summed E-state index contributed by atoms with van der Waals surface area (Å²) in [5.41, 5.74) is 0.987. The normalized spacial score (nSPS) is 23.5. The highest BCUT2D eigenvalue weighted by Crippen LogP contribution is 2.31. The van der Waals surface area contributed by atoms with Crippen molar-refractivity contribution in [3.05, 3.63) is 35.7 Å². The van der Waals surface area contributed by atoms with Crippen molar-refractivity contribution < 1.29 is 23.1 Å². The molecule has 2 amide bonds. The van der Waals surface area contributed by atoms with Gasteiger partial charge in [0, 0.05) is 19.5 Å². The summed E-state index contributed by atoms with van der Waals surface area (Å²) in [4.78, 5) is 25.9. The number of piperidine rings is 1. The van der Waals surface area contributed by atoms with Gasteiger partial charge < -0.3 is 15.0 Å².